The normalized spacial score (nSPS) is 11.2. The second kappa shape index (κ2) is 6.90. The smallest absolute Gasteiger partial charge is 0.265 e. The molecule has 0 radical (unpaired) electrons. The lowest BCUT2D eigenvalue weighted by molar-refractivity contribution is 0.0952. The van der Waals surface area contributed by atoms with Crippen LogP contribution in [0.4, 0.5) is 4.39 Å². The van der Waals surface area contributed by atoms with Crippen LogP contribution in [-0.4, -0.2) is 28.0 Å². The van der Waals surface area contributed by atoms with Gasteiger partial charge in [-0.2, -0.15) is 0 Å². The molecule has 0 aliphatic carbocycles. The zero-order chi connectivity index (χ0) is 15.3. The van der Waals surface area contributed by atoms with Crippen LogP contribution in [0.1, 0.15) is 30.1 Å². The maximum atomic E-state index is 13.8. The van der Waals surface area contributed by atoms with Crippen molar-refractivity contribution in [3.8, 4) is 5.75 Å². The summed E-state index contributed by atoms with van der Waals surface area (Å²) in [7, 11) is 2.11. The second-order valence-electron chi connectivity index (χ2n) is 4.04. The number of nitrogens with one attached hydrogen (secondary N) is 1. The average Bonchev–Trinajstić information content (AvgIpc) is 2.36. The summed E-state index contributed by atoms with van der Waals surface area (Å²) in [5.74, 6) is -2.04. The minimum absolute atomic E-state index is 0.126. The van der Waals surface area contributed by atoms with Crippen molar-refractivity contribution in [2.45, 2.75) is 24.7 Å². The van der Waals surface area contributed by atoms with Crippen molar-refractivity contribution < 1.29 is 22.3 Å². The minimum Gasteiger partial charge on any atom is -0.492 e. The number of unbranched alkanes of at least 4 members (excludes halogenated alkanes) is 1. The zero-order valence-electron chi connectivity index (χ0n) is 11.1. The highest BCUT2D eigenvalue weighted by molar-refractivity contribution is 8.13. The number of ether oxygens (including phenoxy) is 1. The van der Waals surface area contributed by atoms with Gasteiger partial charge in [0, 0.05) is 22.8 Å². The second-order valence-corrected chi connectivity index (χ2v) is 6.57. The van der Waals surface area contributed by atoms with E-state index in [9.17, 15) is 17.6 Å². The number of hydrogen-bond donors (Lipinski definition) is 1. The van der Waals surface area contributed by atoms with Gasteiger partial charge in [-0.3, -0.25) is 4.79 Å². The molecule has 0 aliphatic rings. The molecule has 0 heterocycles. The number of benzene rings is 1. The summed E-state index contributed by atoms with van der Waals surface area (Å²) in [5, 5.41) is 2.56. The van der Waals surface area contributed by atoms with Gasteiger partial charge in [-0.25, -0.2) is 12.8 Å². The molecule has 1 rings (SSSR count). The van der Waals surface area contributed by atoms with E-state index in [0.29, 0.717) is 6.54 Å². The van der Waals surface area contributed by atoms with Crippen LogP contribution < -0.4 is 10.1 Å². The van der Waals surface area contributed by atoms with Gasteiger partial charge < -0.3 is 10.1 Å². The van der Waals surface area contributed by atoms with Crippen LogP contribution in [0.5, 0.6) is 5.75 Å². The summed E-state index contributed by atoms with van der Waals surface area (Å²) < 4.78 is 41.2. The molecule has 0 aliphatic heterocycles. The maximum absolute atomic E-state index is 13.8. The molecular formula is C12H15ClFNO4S. The van der Waals surface area contributed by atoms with Gasteiger partial charge in [-0.1, -0.05) is 13.3 Å². The molecule has 0 spiro atoms. The average molecular weight is 324 g/mol. The van der Waals surface area contributed by atoms with Crippen LogP contribution in [-0.2, 0) is 9.05 Å². The van der Waals surface area contributed by atoms with Crippen molar-refractivity contribution in [2.24, 2.45) is 0 Å². The lowest BCUT2D eigenvalue weighted by Crippen LogP contribution is -2.24. The van der Waals surface area contributed by atoms with Crippen LogP contribution in [0.25, 0.3) is 0 Å². The Bertz CT molecular complexity index is 604. The fraction of sp³-hybridized carbons (Fsp3) is 0.417. The summed E-state index contributed by atoms with van der Waals surface area (Å²) in [6, 6.07) is 1.90. The van der Waals surface area contributed by atoms with E-state index in [-0.39, 0.29) is 5.56 Å². The first-order valence-corrected chi connectivity index (χ1v) is 8.22. The summed E-state index contributed by atoms with van der Waals surface area (Å²) in [6.45, 7) is 2.38. The Morgan fingerprint density at radius 2 is 2.10 bits per heavy atom. The van der Waals surface area contributed by atoms with Gasteiger partial charge in [0.15, 0.2) is 11.6 Å². The van der Waals surface area contributed by atoms with Gasteiger partial charge in [0.1, 0.15) is 4.90 Å². The molecule has 112 valence electrons. The number of carbonyl (C=O) groups is 1. The summed E-state index contributed by atoms with van der Waals surface area (Å²) in [6.07, 6.45) is 1.66. The molecule has 5 nitrogen and oxygen atoms in total. The largest absolute Gasteiger partial charge is 0.492 e. The predicted octanol–water partition coefficient (Wildman–Crippen LogP) is 2.29. The van der Waals surface area contributed by atoms with Crippen molar-refractivity contribution in [3.05, 3.63) is 23.5 Å². The third-order valence-corrected chi connectivity index (χ3v) is 3.88. The van der Waals surface area contributed by atoms with Crippen molar-refractivity contribution in [1.82, 2.24) is 5.32 Å². The lowest BCUT2D eigenvalue weighted by Gasteiger charge is -2.10. The predicted molar refractivity (Wildman–Crippen MR) is 73.2 cm³/mol. The molecule has 0 atom stereocenters. The van der Waals surface area contributed by atoms with E-state index in [4.69, 9.17) is 10.7 Å². The molecule has 0 unspecified atom stereocenters. The lowest BCUT2D eigenvalue weighted by atomic mass is 10.2. The van der Waals surface area contributed by atoms with Gasteiger partial charge in [-0.15, -0.1) is 0 Å². The van der Waals surface area contributed by atoms with Gasteiger partial charge in [-0.05, 0) is 18.6 Å². The Hall–Kier alpha value is -1.34. The first-order valence-electron chi connectivity index (χ1n) is 5.91. The third-order valence-electron chi connectivity index (χ3n) is 2.55. The highest BCUT2D eigenvalue weighted by Gasteiger charge is 2.23. The SMILES string of the molecule is CCCCNC(=O)c1cc(F)c(OC)c(S(=O)(=O)Cl)c1. The molecule has 0 fully saturated rings. The fourth-order valence-corrected chi connectivity index (χ4v) is 2.57. The van der Waals surface area contributed by atoms with Crippen LogP contribution >= 0.6 is 10.7 Å². The van der Waals surface area contributed by atoms with Gasteiger partial charge >= 0.3 is 0 Å². The van der Waals surface area contributed by atoms with Gasteiger partial charge in [0.05, 0.1) is 7.11 Å². The molecule has 0 aromatic heterocycles. The number of carbonyl (C=O) groups excluding carboxylic acids is 1. The van der Waals surface area contributed by atoms with E-state index in [2.05, 4.69) is 10.1 Å². The van der Waals surface area contributed by atoms with Gasteiger partial charge in [0.2, 0.25) is 0 Å². The molecule has 1 aromatic rings. The molecule has 0 saturated carbocycles. The quantitative estimate of drug-likeness (QED) is 0.644. The first-order chi connectivity index (χ1) is 9.31. The van der Waals surface area contributed by atoms with Crippen molar-refractivity contribution in [3.63, 3.8) is 0 Å². The van der Waals surface area contributed by atoms with E-state index in [1.165, 1.54) is 0 Å². The van der Waals surface area contributed by atoms with Crippen LogP contribution in [0.3, 0.4) is 0 Å². The monoisotopic (exact) mass is 323 g/mol. The number of rotatable bonds is 6. The Morgan fingerprint density at radius 1 is 1.45 bits per heavy atom. The van der Waals surface area contributed by atoms with E-state index < -0.39 is 31.4 Å². The minimum atomic E-state index is -4.22. The topological polar surface area (TPSA) is 72.5 Å². The molecule has 1 amide bonds. The molecule has 1 aromatic carbocycles. The molecular weight excluding hydrogens is 309 g/mol. The van der Waals surface area contributed by atoms with E-state index >= 15 is 0 Å². The number of amides is 1. The van der Waals surface area contributed by atoms with Crippen molar-refractivity contribution >= 4 is 25.6 Å². The highest BCUT2D eigenvalue weighted by atomic mass is 35.7. The number of methoxy groups -OCH3 is 1. The van der Waals surface area contributed by atoms with Crippen LogP contribution in [0.15, 0.2) is 17.0 Å². The summed E-state index contributed by atoms with van der Waals surface area (Å²) in [4.78, 5) is 11.2. The van der Waals surface area contributed by atoms with E-state index in [0.717, 1.165) is 32.1 Å². The Balaban J connectivity index is 3.18. The first kappa shape index (κ1) is 16.7. The molecule has 0 saturated heterocycles. The van der Waals surface area contributed by atoms with Gasteiger partial charge in [0.25, 0.3) is 15.0 Å². The summed E-state index contributed by atoms with van der Waals surface area (Å²) in [5.41, 5.74) is -0.126. The standard InChI is InChI=1S/C12H15ClFNO4S/c1-3-4-5-15-12(16)8-6-9(14)11(19-2)10(7-8)20(13,17)18/h6-7H,3-5H2,1-2H3,(H,15,16). The van der Waals surface area contributed by atoms with E-state index in [1.54, 1.807) is 0 Å². The molecule has 20 heavy (non-hydrogen) atoms. The van der Waals surface area contributed by atoms with Crippen LogP contribution in [0, 0.1) is 5.82 Å². The Labute approximate surface area is 121 Å². The Morgan fingerprint density at radius 3 is 2.60 bits per heavy atom. The maximum Gasteiger partial charge on any atom is 0.265 e. The van der Waals surface area contributed by atoms with Crippen molar-refractivity contribution in [2.75, 3.05) is 13.7 Å². The zero-order valence-corrected chi connectivity index (χ0v) is 12.6. The fourth-order valence-electron chi connectivity index (χ4n) is 1.56. The van der Waals surface area contributed by atoms with Crippen LogP contribution in [0.2, 0.25) is 0 Å². The molecule has 0 bridgehead atoms. The van der Waals surface area contributed by atoms with Crippen molar-refractivity contribution in [1.29, 1.82) is 0 Å². The number of hydrogen-bond acceptors (Lipinski definition) is 4. The highest BCUT2D eigenvalue weighted by Crippen LogP contribution is 2.30. The molecule has 1 N–H and O–H groups in total. The Kier molecular flexibility index (Phi) is 5.76. The molecule has 8 heteroatoms. The number of halogens is 2. The summed E-state index contributed by atoms with van der Waals surface area (Å²) >= 11 is 0. The van der Waals surface area contributed by atoms with E-state index in [1.807, 2.05) is 6.92 Å². The third kappa shape index (κ3) is 4.08.